The summed E-state index contributed by atoms with van der Waals surface area (Å²) in [6, 6.07) is 4.61. The predicted molar refractivity (Wildman–Crippen MR) is 86.7 cm³/mol. The van der Waals surface area contributed by atoms with Crippen molar-refractivity contribution in [3.05, 3.63) is 24.0 Å². The first-order valence-corrected chi connectivity index (χ1v) is 8.02. The van der Waals surface area contributed by atoms with Gasteiger partial charge in [-0.2, -0.15) is 0 Å². The summed E-state index contributed by atoms with van der Waals surface area (Å²) < 4.78 is 0. The monoisotopic (exact) mass is 292 g/mol. The molecule has 1 aliphatic heterocycles. The first-order valence-electron chi connectivity index (χ1n) is 8.02. The number of nitrogens with one attached hydrogen (secondary N) is 1. The first kappa shape index (κ1) is 16.2. The molecule has 1 aromatic rings. The number of anilines is 1. The molecule has 1 saturated heterocycles. The zero-order valence-electron chi connectivity index (χ0n) is 13.3. The van der Waals surface area contributed by atoms with E-state index in [4.69, 9.17) is 5.11 Å². The van der Waals surface area contributed by atoms with Gasteiger partial charge in [-0.25, -0.2) is 0 Å². The van der Waals surface area contributed by atoms with E-state index in [2.05, 4.69) is 46.1 Å². The highest BCUT2D eigenvalue weighted by Crippen LogP contribution is 2.18. The molecule has 5 nitrogen and oxygen atoms in total. The van der Waals surface area contributed by atoms with Crippen LogP contribution in [0.1, 0.15) is 32.0 Å². The van der Waals surface area contributed by atoms with Gasteiger partial charge in [-0.1, -0.05) is 6.92 Å². The fourth-order valence-corrected chi connectivity index (χ4v) is 2.68. The Labute approximate surface area is 128 Å². The summed E-state index contributed by atoms with van der Waals surface area (Å²) >= 11 is 0. The number of aromatic nitrogens is 1. The number of rotatable bonds is 7. The molecule has 1 fully saturated rings. The molecule has 2 heterocycles. The molecule has 118 valence electrons. The minimum Gasteiger partial charge on any atom is -0.395 e. The molecular formula is C16H28N4O. The number of β-amino-alcohol motifs (C(OH)–C–C–N with tert-alkyl or cyclic N) is 1. The van der Waals surface area contributed by atoms with Gasteiger partial charge in [-0.3, -0.25) is 9.88 Å². The molecule has 0 amide bonds. The Morgan fingerprint density at radius 1 is 1.29 bits per heavy atom. The van der Waals surface area contributed by atoms with Gasteiger partial charge in [0, 0.05) is 38.8 Å². The summed E-state index contributed by atoms with van der Waals surface area (Å²) in [5.41, 5.74) is 2.30. The molecule has 1 atom stereocenters. The molecule has 0 spiro atoms. The van der Waals surface area contributed by atoms with Crippen molar-refractivity contribution in [1.29, 1.82) is 0 Å². The van der Waals surface area contributed by atoms with Crippen molar-refractivity contribution in [2.24, 2.45) is 0 Å². The fourth-order valence-electron chi connectivity index (χ4n) is 2.68. The van der Waals surface area contributed by atoms with Crippen molar-refractivity contribution in [3.8, 4) is 0 Å². The summed E-state index contributed by atoms with van der Waals surface area (Å²) in [5.74, 6) is 0. The largest absolute Gasteiger partial charge is 0.395 e. The van der Waals surface area contributed by atoms with Crippen LogP contribution < -0.4 is 10.2 Å². The predicted octanol–water partition coefficient (Wildman–Crippen LogP) is 1.26. The Kier molecular flexibility index (Phi) is 6.42. The molecule has 1 unspecified atom stereocenters. The smallest absolute Gasteiger partial charge is 0.0572 e. The average Bonchev–Trinajstić information content (AvgIpc) is 2.54. The molecule has 2 rings (SSSR count). The first-order chi connectivity index (χ1) is 10.2. The van der Waals surface area contributed by atoms with Crippen molar-refractivity contribution < 1.29 is 5.11 Å². The third-order valence-electron chi connectivity index (χ3n) is 4.07. The Balaban J connectivity index is 1.88. The Morgan fingerprint density at radius 3 is 2.62 bits per heavy atom. The fraction of sp³-hybridized carbons (Fsp3) is 0.688. The number of nitrogens with zero attached hydrogens (tertiary/aromatic N) is 3. The highest BCUT2D eigenvalue weighted by molar-refractivity contribution is 5.45. The van der Waals surface area contributed by atoms with Crippen LogP contribution in [0.25, 0.3) is 0 Å². The van der Waals surface area contributed by atoms with Gasteiger partial charge in [0.05, 0.1) is 24.2 Å². The maximum atomic E-state index is 8.97. The molecule has 5 heteroatoms. The van der Waals surface area contributed by atoms with Crippen LogP contribution in [0, 0.1) is 0 Å². The van der Waals surface area contributed by atoms with Crippen LogP contribution in [0.5, 0.6) is 0 Å². The highest BCUT2D eigenvalue weighted by Gasteiger charge is 2.17. The van der Waals surface area contributed by atoms with Gasteiger partial charge >= 0.3 is 0 Å². The van der Waals surface area contributed by atoms with Crippen LogP contribution in [-0.4, -0.2) is 60.9 Å². The van der Waals surface area contributed by atoms with E-state index >= 15 is 0 Å². The Hall–Kier alpha value is -1.17. The summed E-state index contributed by atoms with van der Waals surface area (Å²) in [6.07, 6.45) is 3.13. The van der Waals surface area contributed by atoms with Crippen LogP contribution in [0.4, 0.5) is 5.69 Å². The Morgan fingerprint density at radius 2 is 2.05 bits per heavy atom. The molecule has 1 aliphatic rings. The van der Waals surface area contributed by atoms with Crippen LogP contribution >= 0.6 is 0 Å². The maximum Gasteiger partial charge on any atom is 0.0572 e. The van der Waals surface area contributed by atoms with Gasteiger partial charge in [0.2, 0.25) is 0 Å². The zero-order chi connectivity index (χ0) is 15.1. The van der Waals surface area contributed by atoms with E-state index in [0.717, 1.165) is 51.4 Å². The molecule has 0 saturated carbocycles. The standard InChI is InChI=1S/C16H28N4O/c1-3-6-17-14(2)16-5-4-15(13-18-16)20-9-7-19(8-10-20)11-12-21/h4-5,13-14,17,21H,3,6-12H2,1-2H3. The lowest BCUT2D eigenvalue weighted by molar-refractivity contribution is 0.189. The third-order valence-corrected chi connectivity index (χ3v) is 4.07. The van der Waals surface area contributed by atoms with Crippen LogP contribution in [0.15, 0.2) is 18.3 Å². The van der Waals surface area contributed by atoms with Crippen molar-refractivity contribution in [2.75, 3.05) is 50.8 Å². The summed E-state index contributed by atoms with van der Waals surface area (Å²) in [7, 11) is 0. The van der Waals surface area contributed by atoms with Crippen molar-refractivity contribution >= 4 is 5.69 Å². The quantitative estimate of drug-likeness (QED) is 0.792. The van der Waals surface area contributed by atoms with Crippen LogP contribution in [0.2, 0.25) is 0 Å². The number of aliphatic hydroxyl groups excluding tert-OH is 1. The number of hydrogen-bond donors (Lipinski definition) is 2. The van der Waals surface area contributed by atoms with Crippen molar-refractivity contribution in [2.45, 2.75) is 26.3 Å². The maximum absolute atomic E-state index is 8.97. The molecule has 0 radical (unpaired) electrons. The van der Waals surface area contributed by atoms with Gasteiger partial charge in [0.25, 0.3) is 0 Å². The molecule has 21 heavy (non-hydrogen) atoms. The molecular weight excluding hydrogens is 264 g/mol. The minimum absolute atomic E-state index is 0.249. The molecule has 0 aliphatic carbocycles. The average molecular weight is 292 g/mol. The normalized spacial score (nSPS) is 18.0. The highest BCUT2D eigenvalue weighted by atomic mass is 16.3. The second-order valence-corrected chi connectivity index (χ2v) is 5.67. The molecule has 0 bridgehead atoms. The van der Waals surface area contributed by atoms with E-state index in [0.29, 0.717) is 6.04 Å². The lowest BCUT2D eigenvalue weighted by Gasteiger charge is -2.35. The second-order valence-electron chi connectivity index (χ2n) is 5.67. The van der Waals surface area contributed by atoms with Gasteiger partial charge in [-0.05, 0) is 32.0 Å². The number of piperazine rings is 1. The van der Waals surface area contributed by atoms with E-state index in [-0.39, 0.29) is 6.61 Å². The van der Waals surface area contributed by atoms with Crippen LogP contribution in [-0.2, 0) is 0 Å². The third kappa shape index (κ3) is 4.66. The van der Waals surface area contributed by atoms with Gasteiger partial charge < -0.3 is 15.3 Å². The van der Waals surface area contributed by atoms with Crippen molar-refractivity contribution in [3.63, 3.8) is 0 Å². The van der Waals surface area contributed by atoms with E-state index < -0.39 is 0 Å². The van der Waals surface area contributed by atoms with Crippen molar-refractivity contribution in [1.82, 2.24) is 15.2 Å². The number of hydrogen-bond acceptors (Lipinski definition) is 5. The second kappa shape index (κ2) is 8.32. The summed E-state index contributed by atoms with van der Waals surface area (Å²) in [5, 5.41) is 12.4. The topological polar surface area (TPSA) is 51.6 Å². The summed E-state index contributed by atoms with van der Waals surface area (Å²) in [4.78, 5) is 9.27. The van der Waals surface area contributed by atoms with E-state index in [9.17, 15) is 0 Å². The SMILES string of the molecule is CCCNC(C)c1ccc(N2CCN(CCO)CC2)cn1. The summed E-state index contributed by atoms with van der Waals surface area (Å²) in [6.45, 7) is 10.4. The lowest BCUT2D eigenvalue weighted by atomic mass is 10.2. The van der Waals surface area contributed by atoms with Gasteiger partial charge in [-0.15, -0.1) is 0 Å². The lowest BCUT2D eigenvalue weighted by Crippen LogP contribution is -2.47. The Bertz CT molecular complexity index is 401. The van der Waals surface area contributed by atoms with E-state index in [1.54, 1.807) is 0 Å². The van der Waals surface area contributed by atoms with E-state index in [1.165, 1.54) is 5.69 Å². The van der Waals surface area contributed by atoms with Gasteiger partial charge in [0.15, 0.2) is 0 Å². The minimum atomic E-state index is 0.249. The molecule has 2 N–H and O–H groups in total. The number of pyridine rings is 1. The van der Waals surface area contributed by atoms with E-state index in [1.807, 2.05) is 6.20 Å². The molecule has 1 aromatic heterocycles. The van der Waals surface area contributed by atoms with Crippen LogP contribution in [0.3, 0.4) is 0 Å². The zero-order valence-corrected chi connectivity index (χ0v) is 13.3. The molecule has 0 aromatic carbocycles. The number of aliphatic hydroxyl groups is 1. The van der Waals surface area contributed by atoms with Gasteiger partial charge in [0.1, 0.15) is 0 Å².